The van der Waals surface area contributed by atoms with Crippen LogP contribution in [0.25, 0.3) is 0 Å². The van der Waals surface area contributed by atoms with Gasteiger partial charge in [-0.05, 0) is 5.41 Å². The number of amides is 1. The third kappa shape index (κ3) is 3.51. The van der Waals surface area contributed by atoms with E-state index in [0.29, 0.717) is 0 Å². The predicted octanol–water partition coefficient (Wildman–Crippen LogP) is 0.706. The maximum Gasteiger partial charge on any atom is 0.326 e. The average molecular weight is 237 g/mol. The summed E-state index contributed by atoms with van der Waals surface area (Å²) >= 11 is 0. The van der Waals surface area contributed by atoms with E-state index in [2.05, 4.69) is 15.3 Å². The van der Waals surface area contributed by atoms with Crippen LogP contribution in [-0.2, 0) is 4.79 Å². The zero-order chi connectivity index (χ0) is 13.1. The minimum Gasteiger partial charge on any atom is -0.480 e. The van der Waals surface area contributed by atoms with Gasteiger partial charge in [-0.3, -0.25) is 9.78 Å². The van der Waals surface area contributed by atoms with Crippen LogP contribution >= 0.6 is 0 Å². The average Bonchev–Trinajstić information content (AvgIpc) is 2.24. The summed E-state index contributed by atoms with van der Waals surface area (Å²) in [5.74, 6) is -1.62. The van der Waals surface area contributed by atoms with Crippen LogP contribution in [0.15, 0.2) is 18.6 Å². The maximum atomic E-state index is 11.7. The van der Waals surface area contributed by atoms with Gasteiger partial charge in [0.15, 0.2) is 0 Å². The van der Waals surface area contributed by atoms with Crippen molar-refractivity contribution >= 4 is 11.9 Å². The van der Waals surface area contributed by atoms with Gasteiger partial charge >= 0.3 is 5.97 Å². The largest absolute Gasteiger partial charge is 0.480 e. The Morgan fingerprint density at radius 1 is 1.35 bits per heavy atom. The number of carbonyl (C=O) groups is 2. The Bertz CT molecular complexity index is 412. The van der Waals surface area contributed by atoms with E-state index in [0.717, 1.165) is 0 Å². The van der Waals surface area contributed by atoms with Gasteiger partial charge in [0, 0.05) is 12.4 Å². The van der Waals surface area contributed by atoms with Crippen molar-refractivity contribution in [1.82, 2.24) is 15.3 Å². The molecule has 0 spiro atoms. The fourth-order valence-electron chi connectivity index (χ4n) is 1.27. The Hall–Kier alpha value is -1.98. The van der Waals surface area contributed by atoms with E-state index in [1.807, 2.05) is 0 Å². The highest BCUT2D eigenvalue weighted by Crippen LogP contribution is 2.19. The molecular weight excluding hydrogens is 222 g/mol. The number of carbonyl (C=O) groups excluding carboxylic acids is 1. The van der Waals surface area contributed by atoms with Crippen LogP contribution in [0.2, 0.25) is 0 Å². The molecule has 1 rings (SSSR count). The normalized spacial score (nSPS) is 12.9. The predicted molar refractivity (Wildman–Crippen MR) is 60.4 cm³/mol. The van der Waals surface area contributed by atoms with Crippen molar-refractivity contribution in [3.63, 3.8) is 0 Å². The third-order valence-corrected chi connectivity index (χ3v) is 2.18. The van der Waals surface area contributed by atoms with Crippen molar-refractivity contribution in [2.75, 3.05) is 0 Å². The number of aromatic nitrogens is 2. The number of rotatable bonds is 3. The Balaban J connectivity index is 2.83. The van der Waals surface area contributed by atoms with Gasteiger partial charge in [0.25, 0.3) is 5.91 Å². The first-order chi connectivity index (χ1) is 7.82. The highest BCUT2D eigenvalue weighted by atomic mass is 16.4. The van der Waals surface area contributed by atoms with E-state index in [1.54, 1.807) is 20.8 Å². The number of carboxylic acids is 1. The number of nitrogens with one attached hydrogen (secondary N) is 1. The molecule has 2 N–H and O–H groups in total. The summed E-state index contributed by atoms with van der Waals surface area (Å²) in [6.07, 6.45) is 4.11. The molecule has 0 bridgehead atoms. The molecule has 0 radical (unpaired) electrons. The van der Waals surface area contributed by atoms with E-state index in [4.69, 9.17) is 5.11 Å². The van der Waals surface area contributed by atoms with Gasteiger partial charge in [0.1, 0.15) is 11.7 Å². The van der Waals surface area contributed by atoms with Crippen molar-refractivity contribution in [3.8, 4) is 0 Å². The fourth-order valence-corrected chi connectivity index (χ4v) is 1.27. The molecule has 1 atom stereocenters. The van der Waals surface area contributed by atoms with Crippen LogP contribution in [-0.4, -0.2) is 33.0 Å². The molecule has 92 valence electrons. The van der Waals surface area contributed by atoms with E-state index in [1.165, 1.54) is 18.6 Å². The monoisotopic (exact) mass is 237 g/mol. The molecule has 0 fully saturated rings. The molecule has 0 aliphatic rings. The Labute approximate surface area is 99.1 Å². The van der Waals surface area contributed by atoms with Crippen molar-refractivity contribution in [2.45, 2.75) is 26.8 Å². The maximum absolute atomic E-state index is 11.7. The molecule has 1 aromatic heterocycles. The second-order valence-electron chi connectivity index (χ2n) is 4.70. The second-order valence-corrected chi connectivity index (χ2v) is 4.70. The Morgan fingerprint density at radius 2 is 2.00 bits per heavy atom. The second kappa shape index (κ2) is 4.90. The van der Waals surface area contributed by atoms with E-state index < -0.39 is 23.3 Å². The molecule has 1 heterocycles. The molecule has 17 heavy (non-hydrogen) atoms. The molecule has 0 aromatic carbocycles. The number of hydrogen-bond donors (Lipinski definition) is 2. The lowest BCUT2D eigenvalue weighted by Crippen LogP contribution is -2.49. The fraction of sp³-hybridized carbons (Fsp3) is 0.455. The van der Waals surface area contributed by atoms with Crippen molar-refractivity contribution in [1.29, 1.82) is 0 Å². The topological polar surface area (TPSA) is 92.2 Å². The summed E-state index contributed by atoms with van der Waals surface area (Å²) in [5.41, 5.74) is -0.480. The molecule has 6 heteroatoms. The Kier molecular flexibility index (Phi) is 3.77. The standard InChI is InChI=1S/C11H15N3O3/c1-11(2,3)8(10(16)17)14-9(15)7-6-12-4-5-13-7/h4-6,8H,1-3H3,(H,14,15)(H,16,17). The van der Waals surface area contributed by atoms with Gasteiger partial charge in [-0.25, -0.2) is 9.78 Å². The van der Waals surface area contributed by atoms with Crippen molar-refractivity contribution in [2.24, 2.45) is 5.41 Å². The summed E-state index contributed by atoms with van der Waals surface area (Å²) in [5, 5.41) is 11.5. The third-order valence-electron chi connectivity index (χ3n) is 2.18. The molecule has 0 aliphatic heterocycles. The molecule has 1 amide bonds. The summed E-state index contributed by atoms with van der Waals surface area (Å²) < 4.78 is 0. The lowest BCUT2D eigenvalue weighted by Gasteiger charge is -2.27. The first-order valence-corrected chi connectivity index (χ1v) is 5.12. The van der Waals surface area contributed by atoms with Crippen LogP contribution in [0.3, 0.4) is 0 Å². The van der Waals surface area contributed by atoms with Crippen molar-refractivity contribution < 1.29 is 14.7 Å². The van der Waals surface area contributed by atoms with Crippen LogP contribution in [0, 0.1) is 5.41 Å². The zero-order valence-corrected chi connectivity index (χ0v) is 9.97. The molecule has 0 aliphatic carbocycles. The van der Waals surface area contributed by atoms with Gasteiger partial charge < -0.3 is 10.4 Å². The lowest BCUT2D eigenvalue weighted by atomic mass is 9.86. The number of carboxylic acid groups (broad SMARTS) is 1. The summed E-state index contributed by atoms with van der Waals surface area (Å²) in [7, 11) is 0. The van der Waals surface area contributed by atoms with Crippen LogP contribution in [0.5, 0.6) is 0 Å². The first kappa shape index (κ1) is 13.1. The highest BCUT2D eigenvalue weighted by molar-refractivity contribution is 5.94. The van der Waals surface area contributed by atoms with Gasteiger partial charge in [-0.1, -0.05) is 20.8 Å². The molecule has 0 saturated carbocycles. The molecular formula is C11H15N3O3. The van der Waals surface area contributed by atoms with E-state index >= 15 is 0 Å². The minimum absolute atomic E-state index is 0.100. The number of hydrogen-bond acceptors (Lipinski definition) is 4. The lowest BCUT2D eigenvalue weighted by molar-refractivity contribution is -0.142. The van der Waals surface area contributed by atoms with E-state index in [9.17, 15) is 9.59 Å². The summed E-state index contributed by atoms with van der Waals surface area (Å²) in [4.78, 5) is 30.3. The quantitative estimate of drug-likeness (QED) is 0.807. The first-order valence-electron chi connectivity index (χ1n) is 5.12. The van der Waals surface area contributed by atoms with Gasteiger partial charge in [-0.2, -0.15) is 0 Å². The van der Waals surface area contributed by atoms with Gasteiger partial charge in [0.05, 0.1) is 6.20 Å². The molecule has 6 nitrogen and oxygen atoms in total. The van der Waals surface area contributed by atoms with Gasteiger partial charge in [-0.15, -0.1) is 0 Å². The smallest absolute Gasteiger partial charge is 0.326 e. The van der Waals surface area contributed by atoms with Crippen LogP contribution in [0.1, 0.15) is 31.3 Å². The van der Waals surface area contributed by atoms with Crippen molar-refractivity contribution in [3.05, 3.63) is 24.3 Å². The summed E-state index contributed by atoms with van der Waals surface area (Å²) in [6.45, 7) is 5.22. The minimum atomic E-state index is -1.07. The Morgan fingerprint density at radius 3 is 2.41 bits per heavy atom. The zero-order valence-electron chi connectivity index (χ0n) is 9.97. The van der Waals surface area contributed by atoms with E-state index in [-0.39, 0.29) is 5.69 Å². The molecule has 1 aromatic rings. The number of nitrogens with zero attached hydrogens (tertiary/aromatic N) is 2. The van der Waals surface area contributed by atoms with Crippen LogP contribution < -0.4 is 5.32 Å². The van der Waals surface area contributed by atoms with Crippen LogP contribution in [0.4, 0.5) is 0 Å². The molecule has 0 saturated heterocycles. The molecule has 1 unspecified atom stereocenters. The summed E-state index contributed by atoms with van der Waals surface area (Å²) in [6, 6.07) is -0.975. The number of aliphatic carboxylic acids is 1. The SMILES string of the molecule is CC(C)(C)C(NC(=O)c1cnccn1)C(=O)O. The highest BCUT2D eigenvalue weighted by Gasteiger charge is 2.33. The van der Waals surface area contributed by atoms with Gasteiger partial charge in [0.2, 0.25) is 0 Å².